The molecule has 1 aliphatic rings. The molecule has 2 aromatic rings. The molecular formula is C11H7N3OS. The lowest BCUT2D eigenvalue weighted by molar-refractivity contribution is 0.103. The van der Waals surface area contributed by atoms with E-state index in [0.717, 1.165) is 5.56 Å². The molecule has 0 saturated carbocycles. The van der Waals surface area contributed by atoms with Crippen molar-refractivity contribution in [2.24, 2.45) is 0 Å². The summed E-state index contributed by atoms with van der Waals surface area (Å²) in [6, 6.07) is 7.41. The average molecular weight is 229 g/mol. The lowest BCUT2D eigenvalue weighted by Gasteiger charge is -1.98. The average Bonchev–Trinajstić information content (AvgIpc) is 2.64. The Morgan fingerprint density at radius 1 is 1.06 bits per heavy atom. The van der Waals surface area contributed by atoms with E-state index in [9.17, 15) is 4.79 Å². The van der Waals surface area contributed by atoms with Gasteiger partial charge in [0, 0.05) is 11.1 Å². The van der Waals surface area contributed by atoms with Crippen molar-refractivity contribution < 1.29 is 4.79 Å². The SMILES string of the molecule is CSc1nnc2c(n1)-c1ccccc1C2=O. The van der Waals surface area contributed by atoms with Crippen LogP contribution in [0.5, 0.6) is 0 Å². The normalized spacial score (nSPS) is 12.4. The van der Waals surface area contributed by atoms with Crippen LogP contribution in [0.4, 0.5) is 0 Å². The molecule has 0 fully saturated rings. The van der Waals surface area contributed by atoms with Crippen LogP contribution in [-0.4, -0.2) is 27.2 Å². The molecule has 0 radical (unpaired) electrons. The van der Waals surface area contributed by atoms with Crippen molar-refractivity contribution in [1.29, 1.82) is 0 Å². The maximum Gasteiger partial charge on any atom is 0.216 e. The van der Waals surface area contributed by atoms with Gasteiger partial charge in [-0.25, -0.2) is 4.98 Å². The van der Waals surface area contributed by atoms with Crippen molar-refractivity contribution in [2.75, 3.05) is 6.26 Å². The van der Waals surface area contributed by atoms with Crippen LogP contribution in [0.3, 0.4) is 0 Å². The number of thioether (sulfide) groups is 1. The number of carbonyl (C=O) groups is 1. The summed E-state index contributed by atoms with van der Waals surface area (Å²) in [5.41, 5.74) is 2.53. The molecule has 0 saturated heterocycles. The minimum atomic E-state index is -0.0850. The summed E-state index contributed by atoms with van der Waals surface area (Å²) < 4.78 is 0. The standard InChI is InChI=1S/C11H7N3OS/c1-16-11-12-8-6-4-2-3-5-7(6)10(15)9(8)13-14-11/h2-5H,1H3. The summed E-state index contributed by atoms with van der Waals surface area (Å²) in [4.78, 5) is 16.3. The smallest absolute Gasteiger partial charge is 0.216 e. The van der Waals surface area contributed by atoms with Crippen LogP contribution >= 0.6 is 11.8 Å². The number of carbonyl (C=O) groups excluding carboxylic acids is 1. The lowest BCUT2D eigenvalue weighted by atomic mass is 10.1. The van der Waals surface area contributed by atoms with Gasteiger partial charge in [-0.1, -0.05) is 36.0 Å². The number of benzene rings is 1. The van der Waals surface area contributed by atoms with Crippen molar-refractivity contribution >= 4 is 17.5 Å². The number of ketones is 1. The molecule has 0 amide bonds. The molecule has 1 aliphatic carbocycles. The molecule has 16 heavy (non-hydrogen) atoms. The Morgan fingerprint density at radius 2 is 1.81 bits per heavy atom. The number of hydrogen-bond acceptors (Lipinski definition) is 5. The molecule has 4 nitrogen and oxygen atoms in total. The summed E-state index contributed by atoms with van der Waals surface area (Å²) in [6.07, 6.45) is 1.88. The van der Waals surface area contributed by atoms with Gasteiger partial charge >= 0.3 is 0 Å². The minimum absolute atomic E-state index is 0.0850. The molecule has 0 unspecified atom stereocenters. The monoisotopic (exact) mass is 229 g/mol. The van der Waals surface area contributed by atoms with Crippen LogP contribution in [0, 0.1) is 0 Å². The van der Waals surface area contributed by atoms with E-state index in [-0.39, 0.29) is 5.78 Å². The van der Waals surface area contributed by atoms with Crippen molar-refractivity contribution in [3.63, 3.8) is 0 Å². The highest BCUT2D eigenvalue weighted by Gasteiger charge is 2.29. The zero-order valence-electron chi connectivity index (χ0n) is 8.47. The third kappa shape index (κ3) is 1.18. The molecule has 78 valence electrons. The number of rotatable bonds is 1. The fourth-order valence-electron chi connectivity index (χ4n) is 1.75. The van der Waals surface area contributed by atoms with Crippen LogP contribution in [-0.2, 0) is 0 Å². The fraction of sp³-hybridized carbons (Fsp3) is 0.0909. The van der Waals surface area contributed by atoms with E-state index in [4.69, 9.17) is 0 Å². The third-order valence-electron chi connectivity index (χ3n) is 2.49. The van der Waals surface area contributed by atoms with E-state index in [1.807, 2.05) is 24.5 Å². The quantitative estimate of drug-likeness (QED) is 0.595. The molecule has 3 rings (SSSR count). The van der Waals surface area contributed by atoms with Gasteiger partial charge in [-0.05, 0) is 6.26 Å². The van der Waals surface area contributed by atoms with E-state index in [1.165, 1.54) is 11.8 Å². The van der Waals surface area contributed by atoms with E-state index < -0.39 is 0 Å². The van der Waals surface area contributed by atoms with Crippen molar-refractivity contribution in [3.8, 4) is 11.3 Å². The number of nitrogens with zero attached hydrogens (tertiary/aromatic N) is 3. The Labute approximate surface area is 96.1 Å². The van der Waals surface area contributed by atoms with Crippen molar-refractivity contribution in [3.05, 3.63) is 35.5 Å². The maximum atomic E-state index is 11.9. The van der Waals surface area contributed by atoms with Gasteiger partial charge in [-0.2, -0.15) is 0 Å². The van der Waals surface area contributed by atoms with Crippen LogP contribution in [0.15, 0.2) is 29.4 Å². The predicted octanol–water partition coefficient (Wildman–Crippen LogP) is 1.80. The summed E-state index contributed by atoms with van der Waals surface area (Å²) >= 11 is 1.41. The number of aromatic nitrogens is 3. The molecular weight excluding hydrogens is 222 g/mol. The number of fused-ring (bicyclic) bond motifs is 3. The van der Waals surface area contributed by atoms with Gasteiger partial charge in [0.05, 0.1) is 0 Å². The van der Waals surface area contributed by atoms with E-state index in [2.05, 4.69) is 15.2 Å². The Hall–Kier alpha value is -1.75. The molecule has 0 bridgehead atoms. The fourth-order valence-corrected chi connectivity index (χ4v) is 2.06. The zero-order chi connectivity index (χ0) is 11.1. The molecule has 1 aromatic heterocycles. The second-order valence-corrected chi connectivity index (χ2v) is 4.14. The third-order valence-corrected chi connectivity index (χ3v) is 3.03. The Balaban J connectivity index is 2.31. The first-order chi connectivity index (χ1) is 7.81. The second kappa shape index (κ2) is 3.38. The van der Waals surface area contributed by atoms with Crippen LogP contribution in [0.25, 0.3) is 11.3 Å². The molecule has 1 heterocycles. The highest BCUT2D eigenvalue weighted by molar-refractivity contribution is 7.98. The molecule has 0 spiro atoms. The molecule has 0 aliphatic heterocycles. The molecule has 0 N–H and O–H groups in total. The highest BCUT2D eigenvalue weighted by Crippen LogP contribution is 2.33. The molecule has 1 aromatic carbocycles. The number of hydrogen-bond donors (Lipinski definition) is 0. The van der Waals surface area contributed by atoms with Crippen LogP contribution in [0.2, 0.25) is 0 Å². The second-order valence-electron chi connectivity index (χ2n) is 3.37. The van der Waals surface area contributed by atoms with Crippen LogP contribution < -0.4 is 0 Å². The lowest BCUT2D eigenvalue weighted by Crippen LogP contribution is -2.02. The zero-order valence-corrected chi connectivity index (χ0v) is 9.28. The van der Waals surface area contributed by atoms with Crippen molar-refractivity contribution in [2.45, 2.75) is 5.16 Å². The van der Waals surface area contributed by atoms with Gasteiger partial charge in [-0.3, -0.25) is 4.79 Å². The first kappa shape index (κ1) is 9.47. The largest absolute Gasteiger partial charge is 0.287 e. The Kier molecular flexibility index (Phi) is 2.00. The van der Waals surface area contributed by atoms with Crippen molar-refractivity contribution in [1.82, 2.24) is 15.2 Å². The van der Waals surface area contributed by atoms with E-state index in [1.54, 1.807) is 6.07 Å². The van der Waals surface area contributed by atoms with Crippen LogP contribution in [0.1, 0.15) is 16.1 Å². The minimum Gasteiger partial charge on any atom is -0.287 e. The van der Waals surface area contributed by atoms with Gasteiger partial charge in [-0.15, -0.1) is 10.2 Å². The maximum absolute atomic E-state index is 11.9. The van der Waals surface area contributed by atoms with Gasteiger partial charge in [0.15, 0.2) is 5.69 Å². The first-order valence-electron chi connectivity index (χ1n) is 4.74. The summed E-state index contributed by atoms with van der Waals surface area (Å²) in [6.45, 7) is 0. The molecule has 5 heteroatoms. The summed E-state index contributed by atoms with van der Waals surface area (Å²) in [5, 5.41) is 8.41. The van der Waals surface area contributed by atoms with Gasteiger partial charge in [0.2, 0.25) is 10.9 Å². The topological polar surface area (TPSA) is 55.7 Å². The predicted molar refractivity (Wildman–Crippen MR) is 60.5 cm³/mol. The van der Waals surface area contributed by atoms with E-state index in [0.29, 0.717) is 22.1 Å². The Morgan fingerprint density at radius 3 is 2.56 bits per heavy atom. The van der Waals surface area contributed by atoms with Gasteiger partial charge in [0.1, 0.15) is 5.69 Å². The highest BCUT2D eigenvalue weighted by atomic mass is 32.2. The van der Waals surface area contributed by atoms with E-state index >= 15 is 0 Å². The summed E-state index contributed by atoms with van der Waals surface area (Å²) in [7, 11) is 0. The first-order valence-corrected chi connectivity index (χ1v) is 5.96. The summed E-state index contributed by atoms with van der Waals surface area (Å²) in [5.74, 6) is -0.0850. The molecule has 0 atom stereocenters. The Bertz CT molecular complexity index is 598. The van der Waals surface area contributed by atoms with Gasteiger partial charge < -0.3 is 0 Å². The van der Waals surface area contributed by atoms with Gasteiger partial charge in [0.25, 0.3) is 0 Å².